The Morgan fingerprint density at radius 3 is 2.14 bits per heavy atom. The van der Waals surface area contributed by atoms with Gasteiger partial charge in [0, 0.05) is 30.6 Å². The Morgan fingerprint density at radius 1 is 1.00 bits per heavy atom. The number of benzene rings is 1. The second kappa shape index (κ2) is 9.29. The van der Waals surface area contributed by atoms with Crippen LogP contribution in [0.25, 0.3) is 0 Å². The van der Waals surface area contributed by atoms with Gasteiger partial charge in [-0.3, -0.25) is 14.4 Å². The molecule has 1 saturated carbocycles. The first-order valence-electron chi connectivity index (χ1n) is 10.4. The summed E-state index contributed by atoms with van der Waals surface area (Å²) in [7, 11) is 1.57. The monoisotopic (exact) mass is 401 g/mol. The van der Waals surface area contributed by atoms with Gasteiger partial charge in [0.15, 0.2) is 0 Å². The second-order valence-corrected chi connectivity index (χ2v) is 8.28. The van der Waals surface area contributed by atoms with E-state index < -0.39 is 6.04 Å². The predicted molar refractivity (Wildman–Crippen MR) is 110 cm³/mol. The van der Waals surface area contributed by atoms with Gasteiger partial charge in [-0.05, 0) is 69.7 Å². The van der Waals surface area contributed by atoms with Gasteiger partial charge in [0.1, 0.15) is 11.8 Å². The van der Waals surface area contributed by atoms with E-state index in [4.69, 9.17) is 4.74 Å². The first-order chi connectivity index (χ1) is 13.9. The molecule has 1 aliphatic carbocycles. The number of nitrogens with zero attached hydrogens (tertiary/aromatic N) is 1. The highest BCUT2D eigenvalue weighted by Crippen LogP contribution is 2.33. The molecule has 7 heteroatoms. The molecule has 0 radical (unpaired) electrons. The van der Waals surface area contributed by atoms with Gasteiger partial charge in [0.2, 0.25) is 11.8 Å². The zero-order valence-corrected chi connectivity index (χ0v) is 17.4. The summed E-state index contributed by atoms with van der Waals surface area (Å²) in [5.74, 6) is 0.666. The molecular formula is C22H31N3O4. The van der Waals surface area contributed by atoms with Crippen molar-refractivity contribution in [3.63, 3.8) is 0 Å². The molecule has 2 aliphatic rings. The van der Waals surface area contributed by atoms with E-state index >= 15 is 0 Å². The van der Waals surface area contributed by atoms with E-state index in [1.807, 2.05) is 18.7 Å². The Kier molecular flexibility index (Phi) is 6.77. The van der Waals surface area contributed by atoms with Crippen LogP contribution in [0.1, 0.15) is 49.9 Å². The third kappa shape index (κ3) is 5.49. The summed E-state index contributed by atoms with van der Waals surface area (Å²) < 4.78 is 5.13. The number of rotatable bonds is 7. The number of carbonyl (C=O) groups is 3. The van der Waals surface area contributed by atoms with Crippen LogP contribution in [0.2, 0.25) is 0 Å². The van der Waals surface area contributed by atoms with Crippen molar-refractivity contribution in [1.29, 1.82) is 0 Å². The van der Waals surface area contributed by atoms with Crippen molar-refractivity contribution in [2.75, 3.05) is 20.2 Å². The maximum absolute atomic E-state index is 12.8. The maximum atomic E-state index is 12.8. The van der Waals surface area contributed by atoms with Crippen LogP contribution in [0.3, 0.4) is 0 Å². The second-order valence-electron chi connectivity index (χ2n) is 8.28. The van der Waals surface area contributed by atoms with Gasteiger partial charge in [0.05, 0.1) is 7.11 Å². The fourth-order valence-corrected chi connectivity index (χ4v) is 3.78. The molecular weight excluding hydrogens is 370 g/mol. The van der Waals surface area contributed by atoms with Crippen LogP contribution < -0.4 is 15.4 Å². The van der Waals surface area contributed by atoms with Crippen LogP contribution in [0, 0.1) is 11.8 Å². The molecule has 3 rings (SSSR count). The Morgan fingerprint density at radius 2 is 1.62 bits per heavy atom. The van der Waals surface area contributed by atoms with E-state index in [0.29, 0.717) is 37.2 Å². The highest BCUT2D eigenvalue weighted by Gasteiger charge is 2.38. The number of methoxy groups -OCH3 is 1. The van der Waals surface area contributed by atoms with Gasteiger partial charge in [-0.2, -0.15) is 0 Å². The number of nitrogens with one attached hydrogen (secondary N) is 2. The van der Waals surface area contributed by atoms with E-state index in [2.05, 4.69) is 10.6 Å². The summed E-state index contributed by atoms with van der Waals surface area (Å²) in [5.41, 5.74) is 0.481. The van der Waals surface area contributed by atoms with Gasteiger partial charge >= 0.3 is 0 Å². The quantitative estimate of drug-likeness (QED) is 0.731. The maximum Gasteiger partial charge on any atom is 0.251 e. The molecule has 1 aromatic rings. The number of likely N-dealkylation sites (tertiary alicyclic amines) is 1. The summed E-state index contributed by atoms with van der Waals surface area (Å²) in [6.07, 6.45) is 3.40. The average molecular weight is 402 g/mol. The lowest BCUT2D eigenvalue weighted by atomic mass is 9.88. The van der Waals surface area contributed by atoms with E-state index in [1.54, 1.807) is 31.4 Å². The fraction of sp³-hybridized carbons (Fsp3) is 0.591. The fourth-order valence-electron chi connectivity index (χ4n) is 3.78. The van der Waals surface area contributed by atoms with Gasteiger partial charge in [-0.1, -0.05) is 0 Å². The molecule has 7 nitrogen and oxygen atoms in total. The number of carbonyl (C=O) groups excluding carboxylic acids is 3. The lowest BCUT2D eigenvalue weighted by Crippen LogP contribution is -2.54. The molecule has 0 aromatic heterocycles. The Balaban J connectivity index is 1.66. The van der Waals surface area contributed by atoms with Crippen LogP contribution in [0.15, 0.2) is 24.3 Å². The van der Waals surface area contributed by atoms with E-state index in [1.165, 1.54) is 0 Å². The van der Waals surface area contributed by atoms with Crippen LogP contribution >= 0.6 is 0 Å². The number of hydrogen-bond donors (Lipinski definition) is 2. The van der Waals surface area contributed by atoms with Crippen LogP contribution in [-0.2, 0) is 9.59 Å². The average Bonchev–Trinajstić information content (AvgIpc) is 3.56. The van der Waals surface area contributed by atoms with Gasteiger partial charge < -0.3 is 20.3 Å². The van der Waals surface area contributed by atoms with Crippen molar-refractivity contribution >= 4 is 17.7 Å². The SMILES string of the molecule is COc1ccc(C(=O)N[C@@H](C(=O)NC(C)C)C2CCN(C(=O)C3CC3)CC2)cc1. The molecule has 158 valence electrons. The topological polar surface area (TPSA) is 87.7 Å². The zero-order chi connectivity index (χ0) is 21.0. The Bertz CT molecular complexity index is 735. The predicted octanol–water partition coefficient (Wildman–Crippen LogP) is 1.97. The molecule has 1 aliphatic heterocycles. The third-order valence-electron chi connectivity index (χ3n) is 5.60. The number of hydrogen-bond acceptors (Lipinski definition) is 4. The normalized spacial score (nSPS) is 18.3. The van der Waals surface area contributed by atoms with Gasteiger partial charge in [-0.15, -0.1) is 0 Å². The van der Waals surface area contributed by atoms with Crippen molar-refractivity contribution in [2.24, 2.45) is 11.8 Å². The van der Waals surface area contributed by atoms with Gasteiger partial charge in [-0.25, -0.2) is 0 Å². The Hall–Kier alpha value is -2.57. The number of ether oxygens (including phenoxy) is 1. The third-order valence-corrected chi connectivity index (χ3v) is 5.60. The van der Waals surface area contributed by atoms with Crippen LogP contribution in [-0.4, -0.2) is 54.9 Å². The lowest BCUT2D eigenvalue weighted by Gasteiger charge is -2.36. The molecule has 3 amide bonds. The van der Waals surface area contributed by atoms with Crippen LogP contribution in [0.4, 0.5) is 0 Å². The van der Waals surface area contributed by atoms with Crippen LogP contribution in [0.5, 0.6) is 5.75 Å². The minimum atomic E-state index is -0.620. The molecule has 1 heterocycles. The first-order valence-corrected chi connectivity index (χ1v) is 10.4. The summed E-state index contributed by atoms with van der Waals surface area (Å²) in [4.78, 5) is 39.8. The summed E-state index contributed by atoms with van der Waals surface area (Å²) >= 11 is 0. The van der Waals surface area contributed by atoms with E-state index in [9.17, 15) is 14.4 Å². The highest BCUT2D eigenvalue weighted by atomic mass is 16.5. The van der Waals surface area contributed by atoms with Crippen molar-refractivity contribution in [3.05, 3.63) is 29.8 Å². The molecule has 2 N–H and O–H groups in total. The molecule has 0 unspecified atom stereocenters. The Labute approximate surface area is 172 Å². The standard InChI is InChI=1S/C22H31N3O4/c1-14(2)23-21(27)19(24-20(26)16-6-8-18(29-3)9-7-16)15-10-12-25(13-11-15)22(28)17-4-5-17/h6-9,14-15,17,19H,4-5,10-13H2,1-3H3,(H,23,27)(H,24,26)/t19-/m1/s1. The molecule has 2 fully saturated rings. The number of piperidine rings is 1. The van der Waals surface area contributed by atoms with Crippen molar-refractivity contribution < 1.29 is 19.1 Å². The molecule has 0 bridgehead atoms. The largest absolute Gasteiger partial charge is 0.497 e. The molecule has 1 saturated heterocycles. The van der Waals surface area contributed by atoms with Crippen molar-refractivity contribution in [2.45, 2.75) is 51.6 Å². The minimum Gasteiger partial charge on any atom is -0.497 e. The number of amides is 3. The van der Waals surface area contributed by atoms with Crippen molar-refractivity contribution in [3.8, 4) is 5.75 Å². The van der Waals surface area contributed by atoms with Crippen molar-refractivity contribution in [1.82, 2.24) is 15.5 Å². The molecule has 0 spiro atoms. The lowest BCUT2D eigenvalue weighted by molar-refractivity contribution is -0.134. The summed E-state index contributed by atoms with van der Waals surface area (Å²) in [6, 6.07) is 6.18. The molecule has 1 aromatic carbocycles. The smallest absolute Gasteiger partial charge is 0.251 e. The minimum absolute atomic E-state index is 0.000739. The first kappa shape index (κ1) is 21.1. The zero-order valence-electron chi connectivity index (χ0n) is 17.4. The van der Waals surface area contributed by atoms with E-state index in [0.717, 1.165) is 12.8 Å². The van der Waals surface area contributed by atoms with E-state index in [-0.39, 0.29) is 35.6 Å². The molecule has 29 heavy (non-hydrogen) atoms. The highest BCUT2D eigenvalue weighted by molar-refractivity contribution is 5.97. The summed E-state index contributed by atoms with van der Waals surface area (Å²) in [6.45, 7) is 5.09. The van der Waals surface area contributed by atoms with Gasteiger partial charge in [0.25, 0.3) is 5.91 Å². The summed E-state index contributed by atoms with van der Waals surface area (Å²) in [5, 5.41) is 5.85. The molecule has 1 atom stereocenters.